The number of hydrogen-bond donors (Lipinski definition) is 1. The number of amides is 2. The van der Waals surface area contributed by atoms with Gasteiger partial charge in [0.25, 0.3) is 0 Å². The third-order valence-electron chi connectivity index (χ3n) is 4.51. The summed E-state index contributed by atoms with van der Waals surface area (Å²) in [7, 11) is 0. The van der Waals surface area contributed by atoms with Crippen LogP contribution in [0, 0.1) is 11.6 Å². The van der Waals surface area contributed by atoms with Crippen LogP contribution in [-0.2, 0) is 16.0 Å². The number of anilines is 1. The molecule has 26 heavy (non-hydrogen) atoms. The van der Waals surface area contributed by atoms with Crippen LogP contribution in [0.4, 0.5) is 14.5 Å². The van der Waals surface area contributed by atoms with Gasteiger partial charge in [0.15, 0.2) is 11.6 Å². The highest BCUT2D eigenvalue weighted by Crippen LogP contribution is 2.22. The highest BCUT2D eigenvalue weighted by molar-refractivity contribution is 5.95. The number of benzene rings is 2. The summed E-state index contributed by atoms with van der Waals surface area (Å²) in [5.74, 6) is -1.94. The van der Waals surface area contributed by atoms with Crippen molar-refractivity contribution in [1.29, 1.82) is 0 Å². The number of carbonyl (C=O) groups excluding carboxylic acids is 2. The highest BCUT2D eigenvalue weighted by Gasteiger charge is 2.21. The van der Waals surface area contributed by atoms with Crippen molar-refractivity contribution in [2.45, 2.75) is 32.2 Å². The Labute approximate surface area is 150 Å². The summed E-state index contributed by atoms with van der Waals surface area (Å²) < 4.78 is 26.3. The molecule has 2 aromatic rings. The quantitative estimate of drug-likeness (QED) is 0.889. The zero-order valence-corrected chi connectivity index (χ0v) is 14.5. The van der Waals surface area contributed by atoms with Gasteiger partial charge in [-0.1, -0.05) is 18.2 Å². The Morgan fingerprint density at radius 1 is 1.15 bits per heavy atom. The number of carbonyl (C=O) groups is 2. The molecule has 1 saturated heterocycles. The molecule has 0 aliphatic carbocycles. The Morgan fingerprint density at radius 3 is 2.50 bits per heavy atom. The van der Waals surface area contributed by atoms with Crippen LogP contribution < -0.4 is 10.2 Å². The van der Waals surface area contributed by atoms with Crippen LogP contribution >= 0.6 is 0 Å². The fourth-order valence-corrected chi connectivity index (χ4v) is 3.06. The van der Waals surface area contributed by atoms with E-state index in [-0.39, 0.29) is 18.2 Å². The van der Waals surface area contributed by atoms with Gasteiger partial charge in [-0.3, -0.25) is 9.59 Å². The van der Waals surface area contributed by atoms with Crippen molar-refractivity contribution in [3.8, 4) is 0 Å². The van der Waals surface area contributed by atoms with Crippen molar-refractivity contribution in [3.05, 3.63) is 65.2 Å². The second-order valence-corrected chi connectivity index (χ2v) is 6.45. The predicted octanol–water partition coefficient (Wildman–Crippen LogP) is 3.51. The van der Waals surface area contributed by atoms with E-state index < -0.39 is 17.7 Å². The molecule has 3 rings (SSSR count). The minimum atomic E-state index is -0.935. The summed E-state index contributed by atoms with van der Waals surface area (Å²) >= 11 is 0. The van der Waals surface area contributed by atoms with E-state index in [0.717, 1.165) is 36.3 Å². The molecule has 0 bridgehead atoms. The van der Waals surface area contributed by atoms with E-state index in [1.165, 1.54) is 6.07 Å². The Hall–Kier alpha value is -2.76. The fourth-order valence-electron chi connectivity index (χ4n) is 3.06. The molecule has 0 spiro atoms. The molecule has 4 nitrogen and oxygen atoms in total. The van der Waals surface area contributed by atoms with E-state index >= 15 is 0 Å². The largest absolute Gasteiger partial charge is 0.349 e. The van der Waals surface area contributed by atoms with Crippen molar-refractivity contribution in [3.63, 3.8) is 0 Å². The highest BCUT2D eigenvalue weighted by atomic mass is 19.2. The Balaban J connectivity index is 1.59. The minimum Gasteiger partial charge on any atom is -0.349 e. The predicted molar refractivity (Wildman–Crippen MR) is 94.6 cm³/mol. The van der Waals surface area contributed by atoms with Crippen molar-refractivity contribution in [2.24, 2.45) is 0 Å². The van der Waals surface area contributed by atoms with E-state index in [1.54, 1.807) is 11.8 Å². The van der Waals surface area contributed by atoms with Crippen molar-refractivity contribution >= 4 is 17.5 Å². The first-order chi connectivity index (χ1) is 12.4. The average Bonchev–Trinajstić information content (AvgIpc) is 3.04. The lowest BCUT2D eigenvalue weighted by Gasteiger charge is -2.17. The lowest BCUT2D eigenvalue weighted by atomic mass is 10.1. The van der Waals surface area contributed by atoms with Crippen LogP contribution in [0.3, 0.4) is 0 Å². The number of nitrogens with one attached hydrogen (secondary N) is 1. The van der Waals surface area contributed by atoms with Crippen LogP contribution in [0.1, 0.15) is 36.9 Å². The number of nitrogens with zero attached hydrogens (tertiary/aromatic N) is 1. The van der Waals surface area contributed by atoms with E-state index in [4.69, 9.17) is 0 Å². The molecule has 0 saturated carbocycles. The maximum atomic E-state index is 13.3. The van der Waals surface area contributed by atoms with Gasteiger partial charge < -0.3 is 10.2 Å². The Bertz CT molecular complexity index is 821. The first-order valence-electron chi connectivity index (χ1n) is 8.57. The standard InChI is InChI=1S/C20H20F2N2O2/c1-13(15-6-9-17(21)18(22)12-15)23-19(25)11-14-4-7-16(8-5-14)24-10-2-3-20(24)26/h4-9,12-13H,2-3,10-11H2,1H3,(H,23,25). The Kier molecular flexibility index (Phi) is 5.30. The molecular weight excluding hydrogens is 338 g/mol. The van der Waals surface area contributed by atoms with Crippen LogP contribution in [-0.4, -0.2) is 18.4 Å². The van der Waals surface area contributed by atoms with Crippen molar-refractivity contribution in [1.82, 2.24) is 5.32 Å². The van der Waals surface area contributed by atoms with Gasteiger partial charge in [-0.05, 0) is 48.7 Å². The summed E-state index contributed by atoms with van der Waals surface area (Å²) in [6, 6.07) is 10.5. The molecule has 6 heteroatoms. The summed E-state index contributed by atoms with van der Waals surface area (Å²) in [4.78, 5) is 25.7. The number of halogens is 2. The van der Waals surface area contributed by atoms with Crippen LogP contribution in [0.25, 0.3) is 0 Å². The molecule has 0 aromatic heterocycles. The number of hydrogen-bond acceptors (Lipinski definition) is 2. The summed E-state index contributed by atoms with van der Waals surface area (Å²) in [5, 5.41) is 2.78. The zero-order valence-electron chi connectivity index (χ0n) is 14.5. The monoisotopic (exact) mass is 358 g/mol. The van der Waals surface area contributed by atoms with Gasteiger partial charge in [-0.15, -0.1) is 0 Å². The van der Waals surface area contributed by atoms with Crippen molar-refractivity contribution < 1.29 is 18.4 Å². The molecule has 1 aliphatic heterocycles. The van der Waals surface area contributed by atoms with Gasteiger partial charge in [0.1, 0.15) is 0 Å². The topological polar surface area (TPSA) is 49.4 Å². The lowest BCUT2D eigenvalue weighted by molar-refractivity contribution is -0.121. The smallest absolute Gasteiger partial charge is 0.227 e. The van der Waals surface area contributed by atoms with E-state index in [0.29, 0.717) is 12.0 Å². The molecule has 0 radical (unpaired) electrons. The summed E-state index contributed by atoms with van der Waals surface area (Å²) in [6.45, 7) is 2.44. The molecule has 1 heterocycles. The summed E-state index contributed by atoms with van der Waals surface area (Å²) in [5.41, 5.74) is 2.15. The van der Waals surface area contributed by atoms with Gasteiger partial charge >= 0.3 is 0 Å². The normalized spacial score (nSPS) is 15.2. The molecular formula is C20H20F2N2O2. The minimum absolute atomic E-state index is 0.121. The SMILES string of the molecule is CC(NC(=O)Cc1ccc(N2CCCC2=O)cc1)c1ccc(F)c(F)c1. The first-order valence-corrected chi connectivity index (χ1v) is 8.57. The maximum absolute atomic E-state index is 13.3. The van der Waals surface area contributed by atoms with Crippen LogP contribution in [0.15, 0.2) is 42.5 Å². The zero-order chi connectivity index (χ0) is 18.7. The van der Waals surface area contributed by atoms with Gasteiger partial charge in [0, 0.05) is 18.7 Å². The molecule has 2 amide bonds. The van der Waals surface area contributed by atoms with Gasteiger partial charge in [-0.2, -0.15) is 0 Å². The second-order valence-electron chi connectivity index (χ2n) is 6.45. The van der Waals surface area contributed by atoms with E-state index in [2.05, 4.69) is 5.32 Å². The molecule has 1 fully saturated rings. The van der Waals surface area contributed by atoms with Crippen LogP contribution in [0.2, 0.25) is 0 Å². The van der Waals surface area contributed by atoms with Crippen molar-refractivity contribution in [2.75, 3.05) is 11.4 Å². The van der Waals surface area contributed by atoms with Gasteiger partial charge in [0.05, 0.1) is 12.5 Å². The van der Waals surface area contributed by atoms with Gasteiger partial charge in [0.2, 0.25) is 11.8 Å². The molecule has 1 N–H and O–H groups in total. The van der Waals surface area contributed by atoms with Crippen LogP contribution in [0.5, 0.6) is 0 Å². The third-order valence-corrected chi connectivity index (χ3v) is 4.51. The average molecular weight is 358 g/mol. The van der Waals surface area contributed by atoms with E-state index in [1.807, 2.05) is 24.3 Å². The number of rotatable bonds is 5. The Morgan fingerprint density at radius 2 is 1.88 bits per heavy atom. The maximum Gasteiger partial charge on any atom is 0.227 e. The lowest BCUT2D eigenvalue weighted by Crippen LogP contribution is -2.28. The molecule has 2 aromatic carbocycles. The summed E-state index contributed by atoms with van der Waals surface area (Å²) in [6.07, 6.45) is 1.61. The third kappa shape index (κ3) is 4.07. The molecule has 136 valence electrons. The van der Waals surface area contributed by atoms with E-state index in [9.17, 15) is 18.4 Å². The van der Waals surface area contributed by atoms with Gasteiger partial charge in [-0.25, -0.2) is 8.78 Å². The molecule has 1 unspecified atom stereocenters. The first kappa shape index (κ1) is 18.0. The molecule has 1 aliphatic rings. The fraction of sp³-hybridized carbons (Fsp3) is 0.300. The second kappa shape index (κ2) is 7.64. The molecule has 1 atom stereocenters.